The van der Waals surface area contributed by atoms with E-state index in [1.54, 1.807) is 18.2 Å². The number of amides is 4. The summed E-state index contributed by atoms with van der Waals surface area (Å²) in [5.41, 5.74) is 0.508. The molecular weight excluding hydrogens is 728 g/mol. The monoisotopic (exact) mass is 770 g/mol. The number of ether oxygens (including phenoxy) is 2. The van der Waals surface area contributed by atoms with Gasteiger partial charge in [-0.1, -0.05) is 44.0 Å². The molecule has 2 aliphatic heterocycles. The average molecular weight is 771 g/mol. The molecule has 3 aromatic rings. The average Bonchev–Trinajstić information content (AvgIpc) is 3.98. The number of nitrogens with one attached hydrogen (secondary N) is 3. The summed E-state index contributed by atoms with van der Waals surface area (Å²) in [5.74, 6) is -0.559. The fraction of sp³-hybridized carbons (Fsp3) is 0.528. The van der Waals surface area contributed by atoms with Crippen molar-refractivity contribution in [3.8, 4) is 22.2 Å². The molecule has 2 aromatic heterocycles. The molecule has 278 valence electrons. The van der Waals surface area contributed by atoms with Gasteiger partial charge in [-0.3, -0.25) is 14.3 Å². The zero-order valence-electron chi connectivity index (χ0n) is 29.3. The van der Waals surface area contributed by atoms with Crippen LogP contribution in [0.3, 0.4) is 0 Å². The van der Waals surface area contributed by atoms with E-state index in [-0.39, 0.29) is 31.2 Å². The minimum atomic E-state index is -3.85. The van der Waals surface area contributed by atoms with E-state index in [0.717, 1.165) is 31.4 Å². The Kier molecular flexibility index (Phi) is 10.1. The summed E-state index contributed by atoms with van der Waals surface area (Å²) in [6, 6.07) is 3.92. The lowest BCUT2D eigenvalue weighted by molar-refractivity contribution is -0.131. The number of hydrogen-bond donors (Lipinski definition) is 3. The van der Waals surface area contributed by atoms with E-state index in [4.69, 9.17) is 31.0 Å². The summed E-state index contributed by atoms with van der Waals surface area (Å²) >= 11 is 8.24. The number of thiazole rings is 1. The SMILES string of the molecule is COc1ccc2c(OC3C[C@H]4C(=O)NC5(C(=O)NS(=O)(=O)C6CC6)CC5/C=C\CCCCCNC(=O)N4C3)cc(-c3nc(C(C)C)cs3)nc2c1Cl. The van der Waals surface area contributed by atoms with Crippen LogP contribution in [0.15, 0.2) is 35.7 Å². The van der Waals surface area contributed by atoms with Crippen molar-refractivity contribution in [1.82, 2.24) is 30.2 Å². The largest absolute Gasteiger partial charge is 0.495 e. The van der Waals surface area contributed by atoms with Crippen LogP contribution >= 0.6 is 22.9 Å². The van der Waals surface area contributed by atoms with Gasteiger partial charge in [0.25, 0.3) is 5.91 Å². The molecule has 1 aromatic carbocycles. The highest BCUT2D eigenvalue weighted by Crippen LogP contribution is 2.46. The van der Waals surface area contributed by atoms with Gasteiger partial charge >= 0.3 is 6.03 Å². The minimum Gasteiger partial charge on any atom is -0.495 e. The van der Waals surface area contributed by atoms with Crippen LogP contribution in [-0.2, 0) is 19.6 Å². The molecule has 52 heavy (non-hydrogen) atoms. The normalized spacial score (nSPS) is 26.0. The third-order valence-corrected chi connectivity index (χ3v) is 13.2. The molecule has 13 nitrogen and oxygen atoms in total. The number of carbonyl (C=O) groups is 3. The van der Waals surface area contributed by atoms with Crippen molar-refractivity contribution in [3.63, 3.8) is 0 Å². The van der Waals surface area contributed by atoms with Crippen LogP contribution < -0.4 is 24.8 Å². The third kappa shape index (κ3) is 7.31. The molecule has 7 rings (SSSR count). The van der Waals surface area contributed by atoms with Crippen molar-refractivity contribution in [3.05, 3.63) is 46.4 Å². The number of carbonyl (C=O) groups excluding carboxylic acids is 3. The molecule has 4 heterocycles. The number of pyridine rings is 1. The zero-order valence-corrected chi connectivity index (χ0v) is 31.7. The lowest BCUT2D eigenvalue weighted by atomic mass is 10.1. The number of hydrogen-bond acceptors (Lipinski definition) is 10. The standard InChI is InChI=1S/C36H43ClN6O7S2/c1-20(2)26-19-51-33(40-26)25-16-29(24-12-13-28(49-3)30(37)31(24)39-25)50-22-15-27-32(44)41-36(34(45)42-52(47,48)23-10-11-23)17-21(36)9-7-5-4-6-8-14-38-35(46)43(27)18-22/h7,9,12-13,16,19-23,27H,4-6,8,10-11,14-15,17-18H2,1-3H3,(H,38,46)(H,41,44)(H,42,45)/b9-7-/t21?,22?,27-,36?/m0/s1. The number of fused-ring (bicyclic) bond motifs is 3. The quantitative estimate of drug-likeness (QED) is 0.258. The van der Waals surface area contributed by atoms with Gasteiger partial charge in [0.2, 0.25) is 15.9 Å². The first-order chi connectivity index (χ1) is 24.9. The highest BCUT2D eigenvalue weighted by molar-refractivity contribution is 7.91. The van der Waals surface area contributed by atoms with E-state index in [1.807, 2.05) is 17.5 Å². The molecule has 3 unspecified atom stereocenters. The molecule has 1 saturated heterocycles. The molecule has 2 aliphatic carbocycles. The molecule has 2 saturated carbocycles. The molecule has 3 fully saturated rings. The predicted molar refractivity (Wildman–Crippen MR) is 198 cm³/mol. The summed E-state index contributed by atoms with van der Waals surface area (Å²) in [4.78, 5) is 52.5. The maximum absolute atomic E-state index is 14.2. The maximum atomic E-state index is 14.2. The first-order valence-electron chi connectivity index (χ1n) is 17.8. The highest BCUT2D eigenvalue weighted by atomic mass is 35.5. The van der Waals surface area contributed by atoms with Crippen molar-refractivity contribution in [2.75, 3.05) is 20.2 Å². The van der Waals surface area contributed by atoms with Gasteiger partial charge in [0, 0.05) is 35.7 Å². The summed E-state index contributed by atoms with van der Waals surface area (Å²) < 4.78 is 39.9. The van der Waals surface area contributed by atoms with Gasteiger partial charge in [-0.25, -0.2) is 23.2 Å². The van der Waals surface area contributed by atoms with Crippen LogP contribution in [0.2, 0.25) is 5.02 Å². The van der Waals surface area contributed by atoms with E-state index in [2.05, 4.69) is 29.2 Å². The Bertz CT molecular complexity index is 2030. The molecule has 0 bridgehead atoms. The second-order valence-corrected chi connectivity index (χ2v) is 17.5. The number of methoxy groups -OCH3 is 1. The summed E-state index contributed by atoms with van der Waals surface area (Å²) in [7, 11) is -2.32. The number of urea groups is 1. The molecule has 4 atom stereocenters. The molecule has 0 radical (unpaired) electrons. The highest BCUT2D eigenvalue weighted by Gasteiger charge is 2.62. The van der Waals surface area contributed by atoms with Crippen molar-refractivity contribution in [2.45, 2.75) is 94.1 Å². The van der Waals surface area contributed by atoms with Gasteiger partial charge in [-0.05, 0) is 56.6 Å². The number of nitrogens with zero attached hydrogens (tertiary/aromatic N) is 3. The number of allylic oxidation sites excluding steroid dienone is 1. The maximum Gasteiger partial charge on any atom is 0.318 e. The van der Waals surface area contributed by atoms with Gasteiger partial charge < -0.3 is 25.0 Å². The van der Waals surface area contributed by atoms with Gasteiger partial charge in [0.15, 0.2) is 0 Å². The van der Waals surface area contributed by atoms with E-state index in [1.165, 1.54) is 23.3 Å². The predicted octanol–water partition coefficient (Wildman–Crippen LogP) is 5.29. The Morgan fingerprint density at radius 3 is 2.69 bits per heavy atom. The fourth-order valence-electron chi connectivity index (χ4n) is 6.87. The molecular formula is C36H43ClN6O7S2. The summed E-state index contributed by atoms with van der Waals surface area (Å²) in [6.45, 7) is 4.66. The van der Waals surface area contributed by atoms with Gasteiger partial charge in [0.1, 0.15) is 44.9 Å². The van der Waals surface area contributed by atoms with Crippen molar-refractivity contribution < 1.29 is 32.3 Å². The molecule has 0 spiro atoms. The van der Waals surface area contributed by atoms with E-state index in [9.17, 15) is 22.8 Å². The van der Waals surface area contributed by atoms with E-state index < -0.39 is 50.8 Å². The smallest absolute Gasteiger partial charge is 0.318 e. The second-order valence-electron chi connectivity index (χ2n) is 14.3. The minimum absolute atomic E-state index is 0.0836. The van der Waals surface area contributed by atoms with E-state index in [0.29, 0.717) is 57.5 Å². The van der Waals surface area contributed by atoms with Crippen LogP contribution in [0.4, 0.5) is 4.79 Å². The molecule has 4 amide bonds. The van der Waals surface area contributed by atoms with Crippen LogP contribution in [-0.4, -0.2) is 84.3 Å². The van der Waals surface area contributed by atoms with E-state index >= 15 is 0 Å². The third-order valence-electron chi connectivity index (χ3n) is 10.2. The van der Waals surface area contributed by atoms with Crippen LogP contribution in [0.1, 0.15) is 76.8 Å². The number of aromatic nitrogens is 2. The van der Waals surface area contributed by atoms with Gasteiger partial charge in [-0.2, -0.15) is 0 Å². The summed E-state index contributed by atoms with van der Waals surface area (Å²) in [5, 5.41) is 8.86. The van der Waals surface area contributed by atoms with Gasteiger partial charge in [-0.15, -0.1) is 11.3 Å². The number of sulfonamides is 1. The Labute approximate surface area is 311 Å². The number of rotatable bonds is 8. The number of halogens is 1. The Morgan fingerprint density at radius 2 is 1.96 bits per heavy atom. The van der Waals surface area contributed by atoms with Crippen molar-refractivity contribution in [2.24, 2.45) is 5.92 Å². The molecule has 3 N–H and O–H groups in total. The molecule has 4 aliphatic rings. The fourth-order valence-corrected chi connectivity index (χ4v) is 9.45. The lowest BCUT2D eigenvalue weighted by Gasteiger charge is -2.26. The number of benzene rings is 1. The van der Waals surface area contributed by atoms with Crippen molar-refractivity contribution in [1.29, 1.82) is 0 Å². The second kappa shape index (κ2) is 14.5. The molecule has 16 heteroatoms. The lowest BCUT2D eigenvalue weighted by Crippen LogP contribution is -2.57. The Balaban J connectivity index is 1.20. The van der Waals surface area contributed by atoms with Crippen LogP contribution in [0.25, 0.3) is 21.6 Å². The zero-order chi connectivity index (χ0) is 36.8. The van der Waals surface area contributed by atoms with Crippen LogP contribution in [0, 0.1) is 5.92 Å². The topological polar surface area (TPSA) is 169 Å². The van der Waals surface area contributed by atoms with Crippen LogP contribution in [0.5, 0.6) is 11.5 Å². The Hall–Kier alpha value is -3.95. The Morgan fingerprint density at radius 1 is 1.15 bits per heavy atom. The summed E-state index contributed by atoms with van der Waals surface area (Å²) in [6.07, 6.45) is 7.93. The first-order valence-corrected chi connectivity index (χ1v) is 20.6. The van der Waals surface area contributed by atoms with Crippen molar-refractivity contribution >= 4 is 61.7 Å². The first kappa shape index (κ1) is 36.4. The van der Waals surface area contributed by atoms with Gasteiger partial charge in [0.05, 0.1) is 30.1 Å².